The number of aryl methyl sites for hydroxylation is 1. The van der Waals surface area contributed by atoms with Gasteiger partial charge in [-0.3, -0.25) is 4.79 Å². The van der Waals surface area contributed by atoms with Gasteiger partial charge in [-0.05, 0) is 12.1 Å². The van der Waals surface area contributed by atoms with Gasteiger partial charge in [0.1, 0.15) is 0 Å². The first-order valence-corrected chi connectivity index (χ1v) is 5.15. The van der Waals surface area contributed by atoms with Gasteiger partial charge < -0.3 is 4.57 Å². The first-order chi connectivity index (χ1) is 6.83. The van der Waals surface area contributed by atoms with E-state index in [-0.39, 0.29) is 5.43 Å². The third kappa shape index (κ3) is 1.55. The maximum atomic E-state index is 11.5. The van der Waals surface area contributed by atoms with Crippen LogP contribution in [0.3, 0.4) is 0 Å². The van der Waals surface area contributed by atoms with Crippen LogP contribution in [-0.4, -0.2) is 10.3 Å². The fraction of sp³-hybridized carbons (Fsp3) is 0.182. The predicted octanol–water partition coefficient (Wildman–Crippen LogP) is 1.93. The van der Waals surface area contributed by atoms with Gasteiger partial charge in [0.2, 0.25) is 0 Å². The highest BCUT2D eigenvalue weighted by molar-refractivity contribution is 7.80. The first kappa shape index (κ1) is 9.34. The summed E-state index contributed by atoms with van der Waals surface area (Å²) < 4.78 is 2.05. The topological polar surface area (TPSA) is 22.0 Å². The van der Waals surface area contributed by atoms with Gasteiger partial charge in [0.15, 0.2) is 5.43 Å². The molecule has 1 aromatic heterocycles. The monoisotopic (exact) mass is 205 g/mol. The highest BCUT2D eigenvalue weighted by Crippen LogP contribution is 2.09. The van der Waals surface area contributed by atoms with Gasteiger partial charge in [-0.25, -0.2) is 0 Å². The average molecular weight is 205 g/mol. The molecule has 0 bridgehead atoms. The summed E-state index contributed by atoms with van der Waals surface area (Å²) in [7, 11) is 0. The molecule has 0 saturated heterocycles. The van der Waals surface area contributed by atoms with E-state index >= 15 is 0 Å². The van der Waals surface area contributed by atoms with Crippen LogP contribution < -0.4 is 5.43 Å². The van der Waals surface area contributed by atoms with E-state index in [2.05, 4.69) is 12.6 Å². The minimum Gasteiger partial charge on any atom is -0.346 e. The van der Waals surface area contributed by atoms with E-state index in [9.17, 15) is 4.79 Å². The lowest BCUT2D eigenvalue weighted by Crippen LogP contribution is -2.08. The Balaban J connectivity index is 2.75. The molecule has 1 heterocycles. The number of nitrogens with zero attached hydrogens (tertiary/aromatic N) is 1. The van der Waals surface area contributed by atoms with Crippen molar-refractivity contribution in [1.29, 1.82) is 0 Å². The van der Waals surface area contributed by atoms with E-state index in [1.165, 1.54) is 0 Å². The van der Waals surface area contributed by atoms with Gasteiger partial charge in [-0.2, -0.15) is 12.6 Å². The van der Waals surface area contributed by atoms with Crippen molar-refractivity contribution in [2.75, 3.05) is 5.75 Å². The summed E-state index contributed by atoms with van der Waals surface area (Å²) in [4.78, 5) is 11.5. The molecule has 0 saturated carbocycles. The molecule has 0 unspecified atom stereocenters. The SMILES string of the molecule is O=c1ccn(CCS)c2ccccc12. The number of benzene rings is 1. The molecule has 0 amide bonds. The van der Waals surface area contributed by atoms with E-state index < -0.39 is 0 Å². The smallest absolute Gasteiger partial charge is 0.189 e. The molecule has 0 spiro atoms. The summed E-state index contributed by atoms with van der Waals surface area (Å²) in [6.45, 7) is 0.823. The normalized spacial score (nSPS) is 10.6. The van der Waals surface area contributed by atoms with Crippen molar-refractivity contribution >= 4 is 23.5 Å². The van der Waals surface area contributed by atoms with Crippen LogP contribution in [0.4, 0.5) is 0 Å². The number of rotatable bonds is 2. The molecular formula is C11H11NOS. The van der Waals surface area contributed by atoms with Crippen LogP contribution >= 0.6 is 12.6 Å². The molecule has 0 fully saturated rings. The zero-order valence-electron chi connectivity index (χ0n) is 7.68. The van der Waals surface area contributed by atoms with Gasteiger partial charge >= 0.3 is 0 Å². The maximum absolute atomic E-state index is 11.5. The Morgan fingerprint density at radius 1 is 1.21 bits per heavy atom. The summed E-state index contributed by atoms with van der Waals surface area (Å²) in [6.07, 6.45) is 1.82. The Bertz CT molecular complexity index is 504. The standard InChI is InChI=1S/C11H11NOS/c13-11-5-6-12(7-8-14)10-4-2-1-3-9(10)11/h1-6,14H,7-8H2. The van der Waals surface area contributed by atoms with E-state index in [1.807, 2.05) is 35.0 Å². The summed E-state index contributed by atoms with van der Waals surface area (Å²) in [6, 6.07) is 9.24. The second-order valence-corrected chi connectivity index (χ2v) is 3.56. The predicted molar refractivity (Wildman–Crippen MR) is 62.1 cm³/mol. The molecule has 2 nitrogen and oxygen atoms in total. The molecule has 1 aromatic carbocycles. The van der Waals surface area contributed by atoms with Crippen LogP contribution in [0, 0.1) is 0 Å². The van der Waals surface area contributed by atoms with Crippen LogP contribution in [0.25, 0.3) is 10.9 Å². The third-order valence-corrected chi connectivity index (χ3v) is 2.43. The lowest BCUT2D eigenvalue weighted by atomic mass is 10.2. The molecule has 3 heteroatoms. The number of aromatic nitrogens is 1. The Kier molecular flexibility index (Phi) is 2.59. The highest BCUT2D eigenvalue weighted by Gasteiger charge is 1.99. The highest BCUT2D eigenvalue weighted by atomic mass is 32.1. The Hall–Kier alpha value is -1.22. The summed E-state index contributed by atoms with van der Waals surface area (Å²) >= 11 is 4.18. The van der Waals surface area contributed by atoms with E-state index in [0.717, 1.165) is 23.2 Å². The quantitative estimate of drug-likeness (QED) is 0.743. The van der Waals surface area contributed by atoms with E-state index in [4.69, 9.17) is 0 Å². The summed E-state index contributed by atoms with van der Waals surface area (Å²) in [5.41, 5.74) is 1.06. The molecule has 0 radical (unpaired) electrons. The molecule has 72 valence electrons. The van der Waals surface area contributed by atoms with Crippen LogP contribution in [0.15, 0.2) is 41.3 Å². The Labute approximate surface area is 87.6 Å². The number of pyridine rings is 1. The van der Waals surface area contributed by atoms with E-state index in [0.29, 0.717) is 0 Å². The van der Waals surface area contributed by atoms with Crippen LogP contribution in [-0.2, 0) is 6.54 Å². The Morgan fingerprint density at radius 3 is 2.79 bits per heavy atom. The molecule has 0 aliphatic rings. The van der Waals surface area contributed by atoms with Crippen molar-refractivity contribution in [2.24, 2.45) is 0 Å². The lowest BCUT2D eigenvalue weighted by molar-refractivity contribution is 0.799. The minimum absolute atomic E-state index is 0.0796. The second-order valence-electron chi connectivity index (χ2n) is 3.11. The van der Waals surface area contributed by atoms with Crippen molar-refractivity contribution < 1.29 is 0 Å². The number of fused-ring (bicyclic) bond motifs is 1. The fourth-order valence-corrected chi connectivity index (χ4v) is 1.78. The van der Waals surface area contributed by atoms with E-state index in [1.54, 1.807) is 6.07 Å². The minimum atomic E-state index is 0.0796. The number of thiol groups is 1. The molecule has 14 heavy (non-hydrogen) atoms. The maximum Gasteiger partial charge on any atom is 0.189 e. The zero-order chi connectivity index (χ0) is 9.97. The average Bonchev–Trinajstić information content (AvgIpc) is 2.23. The van der Waals surface area contributed by atoms with Crippen molar-refractivity contribution in [2.45, 2.75) is 6.54 Å². The van der Waals surface area contributed by atoms with Crippen LogP contribution in [0.2, 0.25) is 0 Å². The largest absolute Gasteiger partial charge is 0.346 e. The fourth-order valence-electron chi connectivity index (χ4n) is 1.56. The Morgan fingerprint density at radius 2 is 2.00 bits per heavy atom. The summed E-state index contributed by atoms with van der Waals surface area (Å²) in [5.74, 6) is 0.771. The van der Waals surface area contributed by atoms with Crippen molar-refractivity contribution in [3.8, 4) is 0 Å². The van der Waals surface area contributed by atoms with Crippen molar-refractivity contribution in [3.63, 3.8) is 0 Å². The molecule has 0 aliphatic heterocycles. The van der Waals surface area contributed by atoms with Gasteiger partial charge in [0, 0.05) is 29.9 Å². The first-order valence-electron chi connectivity index (χ1n) is 4.52. The molecule has 0 atom stereocenters. The van der Waals surface area contributed by atoms with Crippen LogP contribution in [0.5, 0.6) is 0 Å². The molecule has 0 N–H and O–H groups in total. The van der Waals surface area contributed by atoms with Gasteiger partial charge in [0.05, 0.1) is 5.52 Å². The van der Waals surface area contributed by atoms with Crippen LogP contribution in [0.1, 0.15) is 0 Å². The number of hydrogen-bond donors (Lipinski definition) is 1. The van der Waals surface area contributed by atoms with Gasteiger partial charge in [-0.1, -0.05) is 12.1 Å². The molecular weight excluding hydrogens is 194 g/mol. The molecule has 2 rings (SSSR count). The van der Waals surface area contributed by atoms with Gasteiger partial charge in [-0.15, -0.1) is 0 Å². The summed E-state index contributed by atoms with van der Waals surface area (Å²) in [5, 5.41) is 0.775. The molecule has 2 aromatic rings. The number of para-hydroxylation sites is 1. The van der Waals surface area contributed by atoms with Crippen molar-refractivity contribution in [3.05, 3.63) is 46.8 Å². The zero-order valence-corrected chi connectivity index (χ0v) is 8.58. The lowest BCUT2D eigenvalue weighted by Gasteiger charge is -2.08. The number of hydrogen-bond acceptors (Lipinski definition) is 2. The van der Waals surface area contributed by atoms with Gasteiger partial charge in [0.25, 0.3) is 0 Å². The molecule has 0 aliphatic carbocycles. The third-order valence-electron chi connectivity index (χ3n) is 2.23. The van der Waals surface area contributed by atoms with Crippen molar-refractivity contribution in [1.82, 2.24) is 4.57 Å². The second kappa shape index (κ2) is 3.88.